The minimum atomic E-state index is -0.397. The molecule has 1 aliphatic rings. The second-order valence-corrected chi connectivity index (χ2v) is 7.11. The lowest BCUT2D eigenvalue weighted by molar-refractivity contribution is -0.128. The van der Waals surface area contributed by atoms with Crippen molar-refractivity contribution in [3.63, 3.8) is 0 Å². The molecule has 0 heterocycles. The molecule has 1 saturated carbocycles. The normalized spacial score (nSPS) is 25.0. The van der Waals surface area contributed by atoms with Gasteiger partial charge in [-0.15, -0.1) is 0 Å². The summed E-state index contributed by atoms with van der Waals surface area (Å²) in [7, 11) is 3.24. The number of rotatable bonds is 6. The first-order chi connectivity index (χ1) is 11.4. The minimum absolute atomic E-state index is 0.0355. The van der Waals surface area contributed by atoms with E-state index in [0.29, 0.717) is 11.5 Å². The summed E-state index contributed by atoms with van der Waals surface area (Å²) in [4.78, 5) is 12.6. The van der Waals surface area contributed by atoms with Gasteiger partial charge in [-0.3, -0.25) is 4.79 Å². The lowest BCUT2D eigenvalue weighted by Crippen LogP contribution is -2.54. The number of carbonyl (C=O) groups excluding carboxylic acids is 1. The second kappa shape index (κ2) is 7.88. The van der Waals surface area contributed by atoms with Crippen LogP contribution in [-0.4, -0.2) is 31.7 Å². The molecule has 5 nitrogen and oxygen atoms in total. The SMILES string of the molecule is COc1ccc(CC(C)NC(=O)C2CCCCC2(C)N)cc1OC. The molecule has 0 aromatic heterocycles. The molecule has 3 N–H and O–H groups in total. The van der Waals surface area contributed by atoms with Gasteiger partial charge in [-0.2, -0.15) is 0 Å². The molecule has 0 aliphatic heterocycles. The monoisotopic (exact) mass is 334 g/mol. The van der Waals surface area contributed by atoms with Crippen molar-refractivity contribution < 1.29 is 14.3 Å². The lowest BCUT2D eigenvalue weighted by atomic mass is 9.74. The minimum Gasteiger partial charge on any atom is -0.493 e. The highest BCUT2D eigenvalue weighted by molar-refractivity contribution is 5.80. The molecule has 2 rings (SSSR count). The highest BCUT2D eigenvalue weighted by Gasteiger charge is 2.38. The van der Waals surface area contributed by atoms with Gasteiger partial charge in [-0.1, -0.05) is 18.9 Å². The molecule has 1 amide bonds. The van der Waals surface area contributed by atoms with Gasteiger partial charge in [0.2, 0.25) is 5.91 Å². The van der Waals surface area contributed by atoms with E-state index < -0.39 is 5.54 Å². The molecule has 0 spiro atoms. The summed E-state index contributed by atoms with van der Waals surface area (Å²) in [5.74, 6) is 1.39. The standard InChI is InChI=1S/C19H30N2O3/c1-13(11-14-8-9-16(23-3)17(12-14)24-4)21-18(22)15-7-5-6-10-19(15,2)20/h8-9,12-13,15H,5-7,10-11,20H2,1-4H3,(H,21,22). The van der Waals surface area contributed by atoms with Gasteiger partial charge in [-0.25, -0.2) is 0 Å². The maximum Gasteiger partial charge on any atom is 0.225 e. The fraction of sp³-hybridized carbons (Fsp3) is 0.632. The van der Waals surface area contributed by atoms with Crippen LogP contribution in [0.5, 0.6) is 11.5 Å². The zero-order valence-corrected chi connectivity index (χ0v) is 15.2. The Hall–Kier alpha value is -1.75. The summed E-state index contributed by atoms with van der Waals surface area (Å²) in [6, 6.07) is 5.88. The smallest absolute Gasteiger partial charge is 0.225 e. The van der Waals surface area contributed by atoms with Crippen molar-refractivity contribution in [2.75, 3.05) is 14.2 Å². The van der Waals surface area contributed by atoms with Crippen LogP contribution in [0.2, 0.25) is 0 Å². The summed E-state index contributed by atoms with van der Waals surface area (Å²) in [6.45, 7) is 4.01. The molecule has 0 radical (unpaired) electrons. The average molecular weight is 334 g/mol. The Kier molecular flexibility index (Phi) is 6.10. The van der Waals surface area contributed by atoms with Crippen molar-refractivity contribution in [2.24, 2.45) is 11.7 Å². The van der Waals surface area contributed by atoms with E-state index in [-0.39, 0.29) is 17.9 Å². The zero-order valence-electron chi connectivity index (χ0n) is 15.2. The fourth-order valence-electron chi connectivity index (χ4n) is 3.54. The van der Waals surface area contributed by atoms with Crippen LogP contribution in [0, 0.1) is 5.92 Å². The van der Waals surface area contributed by atoms with E-state index in [1.165, 1.54) is 0 Å². The van der Waals surface area contributed by atoms with Crippen LogP contribution in [0.3, 0.4) is 0 Å². The predicted octanol–water partition coefficient (Wildman–Crippen LogP) is 2.66. The Morgan fingerprint density at radius 2 is 2.04 bits per heavy atom. The van der Waals surface area contributed by atoms with Crippen molar-refractivity contribution in [2.45, 2.75) is 57.5 Å². The van der Waals surface area contributed by atoms with Crippen molar-refractivity contribution >= 4 is 5.91 Å². The quantitative estimate of drug-likeness (QED) is 0.839. The van der Waals surface area contributed by atoms with Crippen molar-refractivity contribution in [1.29, 1.82) is 0 Å². The summed E-state index contributed by atoms with van der Waals surface area (Å²) in [5.41, 5.74) is 7.03. The van der Waals surface area contributed by atoms with Crippen molar-refractivity contribution in [1.82, 2.24) is 5.32 Å². The van der Waals surface area contributed by atoms with Gasteiger partial charge in [0, 0.05) is 11.6 Å². The largest absolute Gasteiger partial charge is 0.493 e. The van der Waals surface area contributed by atoms with Crippen LogP contribution in [-0.2, 0) is 11.2 Å². The van der Waals surface area contributed by atoms with Gasteiger partial charge < -0.3 is 20.5 Å². The van der Waals surface area contributed by atoms with Crippen molar-refractivity contribution in [3.8, 4) is 11.5 Å². The molecule has 3 atom stereocenters. The summed E-state index contributed by atoms with van der Waals surface area (Å²) < 4.78 is 10.6. The van der Waals surface area contributed by atoms with Gasteiger partial charge in [0.15, 0.2) is 11.5 Å². The fourth-order valence-corrected chi connectivity index (χ4v) is 3.54. The van der Waals surface area contributed by atoms with Crippen LogP contribution in [0.4, 0.5) is 0 Å². The number of carbonyl (C=O) groups is 1. The number of hydrogen-bond acceptors (Lipinski definition) is 4. The Bertz CT molecular complexity index is 572. The number of amides is 1. The topological polar surface area (TPSA) is 73.6 Å². The molecular weight excluding hydrogens is 304 g/mol. The first kappa shape index (κ1) is 18.6. The first-order valence-electron chi connectivity index (χ1n) is 8.67. The number of methoxy groups -OCH3 is 2. The Balaban J connectivity index is 1.97. The molecule has 5 heteroatoms. The van der Waals surface area contributed by atoms with Crippen LogP contribution < -0.4 is 20.5 Å². The number of nitrogens with one attached hydrogen (secondary N) is 1. The molecule has 134 valence electrons. The molecule has 1 fully saturated rings. The molecular formula is C19H30N2O3. The summed E-state index contributed by atoms with van der Waals surface area (Å²) in [5, 5.41) is 3.13. The Morgan fingerprint density at radius 1 is 1.33 bits per heavy atom. The van der Waals surface area contributed by atoms with Crippen LogP contribution in [0.25, 0.3) is 0 Å². The van der Waals surface area contributed by atoms with Crippen LogP contribution >= 0.6 is 0 Å². The molecule has 1 aliphatic carbocycles. The summed E-state index contributed by atoms with van der Waals surface area (Å²) >= 11 is 0. The maximum atomic E-state index is 12.6. The molecule has 0 bridgehead atoms. The number of hydrogen-bond donors (Lipinski definition) is 2. The van der Waals surface area contributed by atoms with E-state index in [2.05, 4.69) is 5.32 Å². The zero-order chi connectivity index (χ0) is 17.7. The third kappa shape index (κ3) is 4.41. The number of benzene rings is 1. The lowest BCUT2D eigenvalue weighted by Gasteiger charge is -2.37. The highest BCUT2D eigenvalue weighted by Crippen LogP contribution is 2.32. The highest BCUT2D eigenvalue weighted by atomic mass is 16.5. The average Bonchev–Trinajstić information content (AvgIpc) is 2.53. The maximum absolute atomic E-state index is 12.6. The van der Waals surface area contributed by atoms with E-state index in [4.69, 9.17) is 15.2 Å². The molecule has 24 heavy (non-hydrogen) atoms. The van der Waals surface area contributed by atoms with Gasteiger partial charge in [0.1, 0.15) is 0 Å². The molecule has 3 unspecified atom stereocenters. The third-order valence-electron chi connectivity index (χ3n) is 4.95. The van der Waals surface area contributed by atoms with Crippen LogP contribution in [0.1, 0.15) is 45.1 Å². The van der Waals surface area contributed by atoms with Gasteiger partial charge in [0.25, 0.3) is 0 Å². The molecule has 1 aromatic rings. The molecule has 1 aromatic carbocycles. The van der Waals surface area contributed by atoms with Gasteiger partial charge in [0.05, 0.1) is 20.1 Å². The van der Waals surface area contributed by atoms with Gasteiger partial charge in [-0.05, 0) is 50.8 Å². The first-order valence-corrected chi connectivity index (χ1v) is 8.67. The Labute approximate surface area is 144 Å². The third-order valence-corrected chi connectivity index (χ3v) is 4.95. The van der Waals surface area contributed by atoms with Gasteiger partial charge >= 0.3 is 0 Å². The van der Waals surface area contributed by atoms with E-state index >= 15 is 0 Å². The Morgan fingerprint density at radius 3 is 2.67 bits per heavy atom. The number of ether oxygens (including phenoxy) is 2. The second-order valence-electron chi connectivity index (χ2n) is 7.11. The molecule has 0 saturated heterocycles. The summed E-state index contributed by atoms with van der Waals surface area (Å²) in [6.07, 6.45) is 4.71. The number of nitrogens with two attached hydrogens (primary N) is 1. The van der Waals surface area contributed by atoms with E-state index in [1.54, 1.807) is 14.2 Å². The van der Waals surface area contributed by atoms with Crippen LogP contribution in [0.15, 0.2) is 18.2 Å². The predicted molar refractivity (Wildman–Crippen MR) is 95.4 cm³/mol. The van der Waals surface area contributed by atoms with E-state index in [9.17, 15) is 4.79 Å². The van der Waals surface area contributed by atoms with E-state index in [0.717, 1.165) is 37.7 Å². The van der Waals surface area contributed by atoms with E-state index in [1.807, 2.05) is 32.0 Å². The van der Waals surface area contributed by atoms with Crippen molar-refractivity contribution in [3.05, 3.63) is 23.8 Å².